The van der Waals surface area contributed by atoms with Crippen LogP contribution in [0.3, 0.4) is 0 Å². The van der Waals surface area contributed by atoms with Crippen molar-refractivity contribution < 1.29 is 9.53 Å². The zero-order valence-corrected chi connectivity index (χ0v) is 11.3. The average Bonchev–Trinajstić information content (AvgIpc) is 2.98. The highest BCUT2D eigenvalue weighted by atomic mass is 16.5. The molecule has 100 valence electrons. The summed E-state index contributed by atoms with van der Waals surface area (Å²) in [6.07, 6.45) is 3.85. The quantitative estimate of drug-likeness (QED) is 0.633. The topological polar surface area (TPSA) is 50.4 Å². The molecule has 0 atom stereocenters. The first kappa shape index (κ1) is 14.5. The highest BCUT2D eigenvalue weighted by Crippen LogP contribution is 2.18. The monoisotopic (exact) mass is 242 g/mol. The van der Waals surface area contributed by atoms with E-state index in [0.29, 0.717) is 12.5 Å². The average molecular weight is 242 g/mol. The molecule has 0 heterocycles. The highest BCUT2D eigenvalue weighted by Gasteiger charge is 2.22. The lowest BCUT2D eigenvalue weighted by molar-refractivity contribution is -0.121. The van der Waals surface area contributed by atoms with Crippen LogP contribution in [0, 0.1) is 0 Å². The molecule has 2 N–H and O–H groups in total. The van der Waals surface area contributed by atoms with E-state index in [9.17, 15) is 4.79 Å². The summed E-state index contributed by atoms with van der Waals surface area (Å²) in [5, 5.41) is 6.26. The maximum Gasteiger partial charge on any atom is 0.220 e. The second kappa shape index (κ2) is 6.97. The second-order valence-corrected chi connectivity index (χ2v) is 5.66. The van der Waals surface area contributed by atoms with Crippen molar-refractivity contribution in [1.29, 1.82) is 0 Å². The maximum atomic E-state index is 11.4. The predicted octanol–water partition coefficient (Wildman–Crippen LogP) is 1.45. The molecule has 4 nitrogen and oxygen atoms in total. The van der Waals surface area contributed by atoms with E-state index in [-0.39, 0.29) is 11.5 Å². The number of nitrogens with one attached hydrogen (secondary N) is 2. The van der Waals surface area contributed by atoms with E-state index in [2.05, 4.69) is 31.4 Å². The van der Waals surface area contributed by atoms with Crippen molar-refractivity contribution in [1.82, 2.24) is 10.6 Å². The van der Waals surface area contributed by atoms with Gasteiger partial charge in [-0.3, -0.25) is 4.79 Å². The van der Waals surface area contributed by atoms with Crippen LogP contribution < -0.4 is 10.6 Å². The number of rotatable bonds is 8. The minimum atomic E-state index is -0.0637. The fourth-order valence-corrected chi connectivity index (χ4v) is 1.46. The van der Waals surface area contributed by atoms with Crippen LogP contribution in [0.5, 0.6) is 0 Å². The fourth-order valence-electron chi connectivity index (χ4n) is 1.46. The van der Waals surface area contributed by atoms with Gasteiger partial charge in [0.25, 0.3) is 0 Å². The first-order chi connectivity index (χ1) is 7.97. The van der Waals surface area contributed by atoms with E-state index in [0.717, 1.165) is 39.0 Å². The summed E-state index contributed by atoms with van der Waals surface area (Å²) in [6, 6.07) is 0.482. The Hall–Kier alpha value is -0.610. The van der Waals surface area contributed by atoms with Gasteiger partial charge < -0.3 is 15.4 Å². The van der Waals surface area contributed by atoms with Crippen molar-refractivity contribution in [3.63, 3.8) is 0 Å². The van der Waals surface area contributed by atoms with Crippen LogP contribution in [0.25, 0.3) is 0 Å². The molecular weight excluding hydrogens is 216 g/mol. The van der Waals surface area contributed by atoms with Crippen molar-refractivity contribution in [3.05, 3.63) is 0 Å². The first-order valence-corrected chi connectivity index (χ1v) is 6.61. The molecule has 0 bridgehead atoms. The molecule has 4 heteroatoms. The molecule has 17 heavy (non-hydrogen) atoms. The molecule has 0 spiro atoms. The number of hydrogen-bond acceptors (Lipinski definition) is 3. The van der Waals surface area contributed by atoms with Gasteiger partial charge in [0.2, 0.25) is 5.91 Å². The molecule has 0 saturated heterocycles. The third-order valence-electron chi connectivity index (χ3n) is 2.51. The molecule has 0 aliphatic heterocycles. The molecule has 0 radical (unpaired) electrons. The van der Waals surface area contributed by atoms with Gasteiger partial charge in [-0.2, -0.15) is 0 Å². The smallest absolute Gasteiger partial charge is 0.220 e. The third-order valence-corrected chi connectivity index (χ3v) is 2.51. The van der Waals surface area contributed by atoms with E-state index in [1.54, 1.807) is 0 Å². The van der Waals surface area contributed by atoms with Crippen LogP contribution in [-0.2, 0) is 9.53 Å². The fraction of sp³-hybridized carbons (Fsp3) is 0.923. The predicted molar refractivity (Wildman–Crippen MR) is 69.0 cm³/mol. The number of amides is 1. The van der Waals surface area contributed by atoms with Crippen molar-refractivity contribution in [2.45, 2.75) is 58.1 Å². The largest absolute Gasteiger partial charge is 0.375 e. The van der Waals surface area contributed by atoms with Crippen LogP contribution in [0.1, 0.15) is 46.5 Å². The zero-order valence-electron chi connectivity index (χ0n) is 11.3. The van der Waals surface area contributed by atoms with Gasteiger partial charge in [0.1, 0.15) is 0 Å². The Kier molecular flexibility index (Phi) is 5.92. The SMILES string of the molecule is CC(C)(C)OCCNCCCC(=O)NC1CC1. The first-order valence-electron chi connectivity index (χ1n) is 6.61. The standard InChI is InChI=1S/C13H26N2O2/c1-13(2,3)17-10-9-14-8-4-5-12(16)15-11-6-7-11/h11,14H,4-10H2,1-3H3,(H,15,16). The van der Waals surface area contributed by atoms with E-state index < -0.39 is 0 Å². The molecule has 1 aliphatic rings. The summed E-state index contributed by atoms with van der Waals surface area (Å²) in [5.41, 5.74) is -0.0637. The van der Waals surface area contributed by atoms with Gasteiger partial charge in [-0.1, -0.05) is 0 Å². The molecule has 0 aromatic rings. The Morgan fingerprint density at radius 1 is 1.29 bits per heavy atom. The molecular formula is C13H26N2O2. The summed E-state index contributed by atoms with van der Waals surface area (Å²) in [4.78, 5) is 11.4. The van der Waals surface area contributed by atoms with Gasteiger partial charge in [0.05, 0.1) is 12.2 Å². The molecule has 0 aromatic carbocycles. The van der Waals surface area contributed by atoms with Crippen LogP contribution in [0.15, 0.2) is 0 Å². The van der Waals surface area contributed by atoms with Gasteiger partial charge in [0.15, 0.2) is 0 Å². The van der Waals surface area contributed by atoms with E-state index in [4.69, 9.17) is 4.74 Å². The van der Waals surface area contributed by atoms with E-state index >= 15 is 0 Å². The van der Waals surface area contributed by atoms with Gasteiger partial charge in [0, 0.05) is 19.0 Å². The summed E-state index contributed by atoms with van der Waals surface area (Å²) in [6.45, 7) is 8.60. The van der Waals surface area contributed by atoms with Crippen molar-refractivity contribution in [2.75, 3.05) is 19.7 Å². The van der Waals surface area contributed by atoms with Gasteiger partial charge >= 0.3 is 0 Å². The Morgan fingerprint density at radius 2 is 2.00 bits per heavy atom. The van der Waals surface area contributed by atoms with Crippen molar-refractivity contribution >= 4 is 5.91 Å². The molecule has 1 aliphatic carbocycles. The molecule has 0 aromatic heterocycles. The Morgan fingerprint density at radius 3 is 2.59 bits per heavy atom. The third kappa shape index (κ3) is 9.12. The van der Waals surface area contributed by atoms with Crippen LogP contribution in [-0.4, -0.2) is 37.2 Å². The lowest BCUT2D eigenvalue weighted by atomic mass is 10.2. The highest BCUT2D eigenvalue weighted by molar-refractivity contribution is 5.76. The van der Waals surface area contributed by atoms with E-state index in [1.807, 2.05) is 0 Å². The number of carbonyl (C=O) groups excluding carboxylic acids is 1. The molecule has 0 unspecified atom stereocenters. The lowest BCUT2D eigenvalue weighted by Crippen LogP contribution is -2.29. The summed E-state index contributed by atoms with van der Waals surface area (Å²) < 4.78 is 5.58. The van der Waals surface area contributed by atoms with Crippen LogP contribution in [0.2, 0.25) is 0 Å². The lowest BCUT2D eigenvalue weighted by Gasteiger charge is -2.19. The number of hydrogen-bond donors (Lipinski definition) is 2. The molecule has 1 saturated carbocycles. The summed E-state index contributed by atoms with van der Waals surface area (Å²) in [7, 11) is 0. The molecule has 1 amide bonds. The van der Waals surface area contributed by atoms with Crippen LogP contribution >= 0.6 is 0 Å². The molecule has 1 rings (SSSR count). The summed E-state index contributed by atoms with van der Waals surface area (Å²) in [5.74, 6) is 0.195. The van der Waals surface area contributed by atoms with Crippen molar-refractivity contribution in [2.24, 2.45) is 0 Å². The zero-order chi connectivity index (χ0) is 12.7. The van der Waals surface area contributed by atoms with Crippen LogP contribution in [0.4, 0.5) is 0 Å². The van der Waals surface area contributed by atoms with E-state index in [1.165, 1.54) is 0 Å². The summed E-state index contributed by atoms with van der Waals surface area (Å²) >= 11 is 0. The van der Waals surface area contributed by atoms with Crippen molar-refractivity contribution in [3.8, 4) is 0 Å². The minimum Gasteiger partial charge on any atom is -0.375 e. The second-order valence-electron chi connectivity index (χ2n) is 5.66. The number of carbonyl (C=O) groups is 1. The Bertz CT molecular complexity index is 232. The van der Waals surface area contributed by atoms with Gasteiger partial charge in [-0.15, -0.1) is 0 Å². The number of ether oxygens (including phenoxy) is 1. The van der Waals surface area contributed by atoms with Gasteiger partial charge in [-0.05, 0) is 46.6 Å². The molecule has 1 fully saturated rings. The minimum absolute atomic E-state index is 0.0637. The Balaban J connectivity index is 1.82. The Labute approximate surface area is 104 Å². The normalized spacial score (nSPS) is 15.9. The maximum absolute atomic E-state index is 11.4. The van der Waals surface area contributed by atoms with Gasteiger partial charge in [-0.25, -0.2) is 0 Å².